The zero-order chi connectivity index (χ0) is 11.8. The van der Waals surface area contributed by atoms with Crippen molar-refractivity contribution in [1.82, 2.24) is 20.2 Å². The molecule has 0 aromatic carbocycles. The van der Waals surface area contributed by atoms with E-state index < -0.39 is 0 Å². The number of rotatable bonds is 7. The number of hydrogen-bond acceptors (Lipinski definition) is 4. The lowest BCUT2D eigenvalue weighted by molar-refractivity contribution is -0.116. The van der Waals surface area contributed by atoms with Gasteiger partial charge in [0.2, 0.25) is 5.91 Å². The second-order valence-corrected chi connectivity index (χ2v) is 3.46. The number of nitrogens with zero attached hydrogens (tertiary/aromatic N) is 4. The van der Waals surface area contributed by atoms with Crippen LogP contribution in [-0.2, 0) is 11.3 Å². The number of carbonyl (C=O) groups is 1. The summed E-state index contributed by atoms with van der Waals surface area (Å²) in [4.78, 5) is 12.8. The largest absolute Gasteiger partial charge is 0.292 e. The van der Waals surface area contributed by atoms with Crippen molar-refractivity contribution in [2.75, 3.05) is 5.32 Å². The van der Waals surface area contributed by atoms with E-state index in [1.165, 1.54) is 4.80 Å². The number of allylic oxidation sites excluding steroid dienone is 1. The molecule has 1 N–H and O–H groups in total. The minimum atomic E-state index is -0.0633. The molecule has 0 saturated carbocycles. The van der Waals surface area contributed by atoms with Crippen molar-refractivity contribution in [2.24, 2.45) is 0 Å². The van der Waals surface area contributed by atoms with Crippen molar-refractivity contribution in [1.29, 1.82) is 0 Å². The minimum Gasteiger partial charge on any atom is -0.292 e. The summed E-state index contributed by atoms with van der Waals surface area (Å²) in [6.45, 7) is 6.14. The Hall–Kier alpha value is -1.72. The van der Waals surface area contributed by atoms with Gasteiger partial charge in [-0.2, -0.15) is 4.80 Å². The molecule has 1 aromatic heterocycles. The van der Waals surface area contributed by atoms with Crippen molar-refractivity contribution in [3.63, 3.8) is 0 Å². The molecule has 88 valence electrons. The van der Waals surface area contributed by atoms with E-state index in [9.17, 15) is 4.79 Å². The number of aromatic nitrogens is 4. The second-order valence-electron chi connectivity index (χ2n) is 3.46. The van der Waals surface area contributed by atoms with Crippen molar-refractivity contribution in [2.45, 2.75) is 39.2 Å². The number of tetrazole rings is 1. The van der Waals surface area contributed by atoms with Crippen molar-refractivity contribution in [3.8, 4) is 0 Å². The molecular weight excluding hydrogens is 206 g/mol. The van der Waals surface area contributed by atoms with E-state index in [-0.39, 0.29) is 11.9 Å². The van der Waals surface area contributed by atoms with Gasteiger partial charge in [-0.1, -0.05) is 30.9 Å². The Morgan fingerprint density at radius 1 is 1.56 bits per heavy atom. The lowest BCUT2D eigenvalue weighted by atomic mass is 10.2. The molecule has 0 radical (unpaired) electrons. The molecule has 0 aliphatic heterocycles. The van der Waals surface area contributed by atoms with Crippen molar-refractivity contribution >= 4 is 11.9 Å². The molecule has 0 atom stereocenters. The Kier molecular flexibility index (Phi) is 5.18. The molecule has 1 rings (SSSR count). The molecule has 6 nitrogen and oxygen atoms in total. The third-order valence-corrected chi connectivity index (χ3v) is 2.00. The molecule has 0 saturated heterocycles. The lowest BCUT2D eigenvalue weighted by Gasteiger charge is -1.98. The number of nitrogens with one attached hydrogen (secondary N) is 1. The summed E-state index contributed by atoms with van der Waals surface area (Å²) in [5.74, 6) is 0.190. The van der Waals surface area contributed by atoms with Crippen molar-refractivity contribution in [3.05, 3.63) is 12.7 Å². The fourth-order valence-electron chi connectivity index (χ4n) is 1.21. The molecule has 0 aliphatic carbocycles. The maximum absolute atomic E-state index is 11.4. The van der Waals surface area contributed by atoms with Crippen LogP contribution in [0.25, 0.3) is 0 Å². The molecule has 0 aliphatic rings. The fraction of sp³-hybridized carbons (Fsp3) is 0.600. The van der Waals surface area contributed by atoms with Gasteiger partial charge in [0.1, 0.15) is 0 Å². The highest BCUT2D eigenvalue weighted by molar-refractivity contribution is 5.88. The Balaban J connectivity index is 2.34. The number of anilines is 1. The van der Waals surface area contributed by atoms with Crippen LogP contribution in [0.5, 0.6) is 0 Å². The normalized spacial score (nSPS) is 10.1. The highest BCUT2D eigenvalue weighted by Crippen LogP contribution is 2.01. The van der Waals surface area contributed by atoms with Gasteiger partial charge in [-0.25, -0.2) is 0 Å². The molecule has 1 heterocycles. The van der Waals surface area contributed by atoms with Gasteiger partial charge in [0.25, 0.3) is 5.95 Å². The average Bonchev–Trinajstić information content (AvgIpc) is 2.66. The zero-order valence-electron chi connectivity index (χ0n) is 9.52. The summed E-state index contributed by atoms with van der Waals surface area (Å²) in [5.41, 5.74) is 0. The van der Waals surface area contributed by atoms with E-state index in [0.717, 1.165) is 19.3 Å². The first-order chi connectivity index (χ1) is 7.76. The maximum atomic E-state index is 11.4. The monoisotopic (exact) mass is 223 g/mol. The molecule has 6 heteroatoms. The van der Waals surface area contributed by atoms with Gasteiger partial charge in [0.05, 0.1) is 6.54 Å². The van der Waals surface area contributed by atoms with Gasteiger partial charge in [-0.15, -0.1) is 11.7 Å². The minimum absolute atomic E-state index is 0.0633. The van der Waals surface area contributed by atoms with Crippen LogP contribution in [0.4, 0.5) is 5.95 Å². The van der Waals surface area contributed by atoms with Gasteiger partial charge < -0.3 is 0 Å². The van der Waals surface area contributed by atoms with Gasteiger partial charge in [-0.3, -0.25) is 10.1 Å². The first-order valence-electron chi connectivity index (χ1n) is 5.44. The highest BCUT2D eigenvalue weighted by Gasteiger charge is 2.06. The van der Waals surface area contributed by atoms with E-state index in [2.05, 4.69) is 34.2 Å². The standard InChI is InChI=1S/C10H17N5O/c1-3-5-6-7-9(16)11-10-12-14-15(13-10)8-4-2/h4H,2-3,5-8H2,1H3,(H,11,13,16). The fourth-order valence-corrected chi connectivity index (χ4v) is 1.21. The van der Waals surface area contributed by atoms with E-state index in [4.69, 9.17) is 0 Å². The number of amides is 1. The Morgan fingerprint density at radius 2 is 2.38 bits per heavy atom. The van der Waals surface area contributed by atoms with Crippen LogP contribution in [0.3, 0.4) is 0 Å². The number of unbranched alkanes of at least 4 members (excludes halogenated alkanes) is 2. The van der Waals surface area contributed by atoms with Crippen LogP contribution < -0.4 is 5.32 Å². The van der Waals surface area contributed by atoms with Crippen LogP contribution in [0.15, 0.2) is 12.7 Å². The molecule has 0 unspecified atom stereocenters. The third-order valence-electron chi connectivity index (χ3n) is 2.00. The third kappa shape index (κ3) is 4.20. The van der Waals surface area contributed by atoms with Crippen LogP contribution in [-0.4, -0.2) is 26.1 Å². The van der Waals surface area contributed by atoms with E-state index in [1.807, 2.05) is 0 Å². The summed E-state index contributed by atoms with van der Waals surface area (Å²) >= 11 is 0. The lowest BCUT2D eigenvalue weighted by Crippen LogP contribution is -2.12. The van der Waals surface area contributed by atoms with Gasteiger partial charge in [0.15, 0.2) is 0 Å². The second kappa shape index (κ2) is 6.71. The molecule has 16 heavy (non-hydrogen) atoms. The van der Waals surface area contributed by atoms with E-state index in [0.29, 0.717) is 13.0 Å². The molecular formula is C10H17N5O. The van der Waals surface area contributed by atoms with Gasteiger partial charge >= 0.3 is 0 Å². The van der Waals surface area contributed by atoms with Gasteiger partial charge in [-0.05, 0) is 11.6 Å². The Labute approximate surface area is 94.7 Å². The Morgan fingerprint density at radius 3 is 3.06 bits per heavy atom. The Bertz CT molecular complexity index is 347. The number of hydrogen-bond donors (Lipinski definition) is 1. The SMILES string of the molecule is C=CCn1nnc(NC(=O)CCCCC)n1. The van der Waals surface area contributed by atoms with Crippen molar-refractivity contribution < 1.29 is 4.79 Å². The highest BCUT2D eigenvalue weighted by atomic mass is 16.1. The maximum Gasteiger partial charge on any atom is 0.270 e. The summed E-state index contributed by atoms with van der Waals surface area (Å²) in [6, 6.07) is 0. The summed E-state index contributed by atoms with van der Waals surface area (Å²) in [7, 11) is 0. The topological polar surface area (TPSA) is 72.7 Å². The predicted octanol–water partition coefficient (Wildman–Crippen LogP) is 1.38. The van der Waals surface area contributed by atoms with Crippen LogP contribution in [0.2, 0.25) is 0 Å². The van der Waals surface area contributed by atoms with E-state index >= 15 is 0 Å². The first kappa shape index (κ1) is 12.4. The molecule has 0 bridgehead atoms. The first-order valence-corrected chi connectivity index (χ1v) is 5.44. The van der Waals surface area contributed by atoms with Crippen LogP contribution in [0.1, 0.15) is 32.6 Å². The molecule has 1 amide bonds. The summed E-state index contributed by atoms with van der Waals surface area (Å²) in [6.07, 6.45) is 5.21. The smallest absolute Gasteiger partial charge is 0.270 e. The molecule has 0 fully saturated rings. The van der Waals surface area contributed by atoms with Gasteiger partial charge in [0, 0.05) is 6.42 Å². The van der Waals surface area contributed by atoms with Crippen LogP contribution >= 0.6 is 0 Å². The summed E-state index contributed by atoms with van der Waals surface area (Å²) < 4.78 is 0. The number of carbonyl (C=O) groups excluding carboxylic acids is 1. The molecule has 1 aromatic rings. The quantitative estimate of drug-likeness (QED) is 0.560. The summed E-state index contributed by atoms with van der Waals surface area (Å²) in [5, 5.41) is 14.0. The van der Waals surface area contributed by atoms with Crippen LogP contribution in [0, 0.1) is 0 Å². The zero-order valence-corrected chi connectivity index (χ0v) is 9.52. The molecule has 0 spiro atoms. The average molecular weight is 223 g/mol. The van der Waals surface area contributed by atoms with E-state index in [1.54, 1.807) is 6.08 Å². The predicted molar refractivity (Wildman–Crippen MR) is 60.8 cm³/mol.